The number of benzene rings is 1. The highest BCUT2D eigenvalue weighted by molar-refractivity contribution is 5.98. The van der Waals surface area contributed by atoms with E-state index in [0.717, 1.165) is 6.07 Å². The molecule has 1 atom stereocenters. The number of hydrogen-bond donors (Lipinski definition) is 0. The Hall–Kier alpha value is -2.20. The predicted octanol–water partition coefficient (Wildman–Crippen LogP) is 2.43. The van der Waals surface area contributed by atoms with Crippen LogP contribution in [-0.2, 0) is 0 Å². The average Bonchev–Trinajstić information content (AvgIpc) is 2.29. The number of nitrogens with zero attached hydrogens (tertiary/aromatic N) is 2. The highest BCUT2D eigenvalue weighted by Crippen LogP contribution is 2.15. The molecule has 0 aliphatic rings. The standard InChI is InChI=1S/C12H9FN2O/c1-8(4-5-14)12(16)9-2-3-11(13)10(6-9)7-15/h2-3,6,8H,4H2,1H3. The van der Waals surface area contributed by atoms with E-state index in [4.69, 9.17) is 10.5 Å². The minimum Gasteiger partial charge on any atom is -0.294 e. The summed E-state index contributed by atoms with van der Waals surface area (Å²) in [5, 5.41) is 17.1. The fourth-order valence-corrected chi connectivity index (χ4v) is 1.28. The quantitative estimate of drug-likeness (QED) is 0.729. The molecular weight excluding hydrogens is 207 g/mol. The molecule has 80 valence electrons. The maximum absolute atomic E-state index is 13.0. The Balaban J connectivity index is 3.03. The molecule has 0 saturated heterocycles. The van der Waals surface area contributed by atoms with Crippen LogP contribution in [0.2, 0.25) is 0 Å². The number of carbonyl (C=O) groups excluding carboxylic acids is 1. The molecule has 0 heterocycles. The van der Waals surface area contributed by atoms with Crippen molar-refractivity contribution in [3.05, 3.63) is 35.1 Å². The van der Waals surface area contributed by atoms with Crippen molar-refractivity contribution in [3.8, 4) is 12.1 Å². The van der Waals surface area contributed by atoms with E-state index in [1.165, 1.54) is 12.1 Å². The molecule has 0 aliphatic heterocycles. The SMILES string of the molecule is CC(CC#N)C(=O)c1ccc(F)c(C#N)c1. The van der Waals surface area contributed by atoms with Crippen molar-refractivity contribution in [1.29, 1.82) is 10.5 Å². The zero-order valence-corrected chi connectivity index (χ0v) is 8.70. The van der Waals surface area contributed by atoms with Gasteiger partial charge in [-0.2, -0.15) is 10.5 Å². The van der Waals surface area contributed by atoms with Crippen LogP contribution in [0.3, 0.4) is 0 Å². The lowest BCUT2D eigenvalue weighted by atomic mass is 9.96. The van der Waals surface area contributed by atoms with Crippen molar-refractivity contribution in [1.82, 2.24) is 0 Å². The molecule has 1 aromatic rings. The van der Waals surface area contributed by atoms with Gasteiger partial charge in [-0.25, -0.2) is 4.39 Å². The molecular formula is C12H9FN2O. The van der Waals surface area contributed by atoms with Crippen LogP contribution in [0.15, 0.2) is 18.2 Å². The van der Waals surface area contributed by atoms with E-state index in [2.05, 4.69) is 0 Å². The van der Waals surface area contributed by atoms with Gasteiger partial charge in [-0.3, -0.25) is 4.79 Å². The molecule has 1 aromatic carbocycles. The van der Waals surface area contributed by atoms with E-state index in [9.17, 15) is 9.18 Å². The van der Waals surface area contributed by atoms with Gasteiger partial charge < -0.3 is 0 Å². The first-order chi connectivity index (χ1) is 7.60. The molecule has 0 N–H and O–H groups in total. The van der Waals surface area contributed by atoms with Crippen molar-refractivity contribution in [2.75, 3.05) is 0 Å². The van der Waals surface area contributed by atoms with Gasteiger partial charge in [0, 0.05) is 17.9 Å². The Morgan fingerprint density at radius 1 is 1.50 bits per heavy atom. The van der Waals surface area contributed by atoms with Crippen molar-refractivity contribution in [3.63, 3.8) is 0 Å². The topological polar surface area (TPSA) is 64.7 Å². The van der Waals surface area contributed by atoms with Gasteiger partial charge in [0.1, 0.15) is 11.9 Å². The van der Waals surface area contributed by atoms with Crippen molar-refractivity contribution < 1.29 is 9.18 Å². The smallest absolute Gasteiger partial charge is 0.166 e. The first-order valence-corrected chi connectivity index (χ1v) is 4.71. The van der Waals surface area contributed by atoms with Crippen molar-refractivity contribution in [2.24, 2.45) is 5.92 Å². The summed E-state index contributed by atoms with van der Waals surface area (Å²) in [4.78, 5) is 11.7. The Labute approximate surface area is 92.7 Å². The number of halogens is 1. The fraction of sp³-hybridized carbons (Fsp3) is 0.250. The van der Waals surface area contributed by atoms with Crippen LogP contribution < -0.4 is 0 Å². The molecule has 0 radical (unpaired) electrons. The van der Waals surface area contributed by atoms with Gasteiger partial charge in [-0.05, 0) is 18.2 Å². The van der Waals surface area contributed by atoms with Crippen LogP contribution in [-0.4, -0.2) is 5.78 Å². The molecule has 1 unspecified atom stereocenters. The normalized spacial score (nSPS) is 11.2. The van der Waals surface area contributed by atoms with Gasteiger partial charge in [0.05, 0.1) is 11.6 Å². The molecule has 0 fully saturated rings. The van der Waals surface area contributed by atoms with Gasteiger partial charge in [0.25, 0.3) is 0 Å². The Kier molecular flexibility index (Phi) is 3.74. The number of Topliss-reactive ketones (excluding diaryl/α,β-unsaturated/α-hetero) is 1. The summed E-state index contributed by atoms with van der Waals surface area (Å²) in [6, 6.07) is 7.20. The summed E-state index contributed by atoms with van der Waals surface area (Å²) in [5.74, 6) is -1.34. The summed E-state index contributed by atoms with van der Waals surface area (Å²) >= 11 is 0. The van der Waals surface area contributed by atoms with Crippen LogP contribution in [0.4, 0.5) is 4.39 Å². The Bertz CT molecular complexity index is 497. The Morgan fingerprint density at radius 3 is 2.75 bits per heavy atom. The van der Waals surface area contributed by atoms with Crippen molar-refractivity contribution >= 4 is 5.78 Å². The van der Waals surface area contributed by atoms with Crippen LogP contribution >= 0.6 is 0 Å². The van der Waals surface area contributed by atoms with E-state index in [1.807, 2.05) is 6.07 Å². The third kappa shape index (κ3) is 2.43. The van der Waals surface area contributed by atoms with E-state index in [1.54, 1.807) is 13.0 Å². The monoisotopic (exact) mass is 216 g/mol. The fourth-order valence-electron chi connectivity index (χ4n) is 1.28. The van der Waals surface area contributed by atoms with Crippen LogP contribution in [0.1, 0.15) is 29.3 Å². The van der Waals surface area contributed by atoms with Gasteiger partial charge in [-0.1, -0.05) is 6.92 Å². The second kappa shape index (κ2) is 5.04. The van der Waals surface area contributed by atoms with Crippen LogP contribution in [0.25, 0.3) is 0 Å². The lowest BCUT2D eigenvalue weighted by molar-refractivity contribution is 0.0932. The van der Waals surface area contributed by atoms with Gasteiger partial charge >= 0.3 is 0 Å². The molecule has 0 bridgehead atoms. The second-order valence-corrected chi connectivity index (χ2v) is 3.43. The highest BCUT2D eigenvalue weighted by Gasteiger charge is 2.16. The molecule has 4 heteroatoms. The number of rotatable bonds is 3. The summed E-state index contributed by atoms with van der Waals surface area (Å²) in [6.07, 6.45) is 0.109. The Morgan fingerprint density at radius 2 is 2.19 bits per heavy atom. The molecule has 1 rings (SSSR count). The largest absolute Gasteiger partial charge is 0.294 e. The number of ketones is 1. The summed E-state index contributed by atoms with van der Waals surface area (Å²) in [6.45, 7) is 1.63. The molecule has 0 spiro atoms. The maximum atomic E-state index is 13.0. The highest BCUT2D eigenvalue weighted by atomic mass is 19.1. The zero-order chi connectivity index (χ0) is 12.1. The third-order valence-electron chi connectivity index (χ3n) is 2.22. The minimum atomic E-state index is -0.646. The summed E-state index contributed by atoms with van der Waals surface area (Å²) in [5.41, 5.74) is 0.107. The lowest BCUT2D eigenvalue weighted by Crippen LogP contribution is -2.11. The van der Waals surface area contributed by atoms with E-state index >= 15 is 0 Å². The van der Waals surface area contributed by atoms with Gasteiger partial charge in [0.2, 0.25) is 0 Å². The molecule has 0 aliphatic carbocycles. The van der Waals surface area contributed by atoms with Crippen LogP contribution in [0, 0.1) is 34.4 Å². The molecule has 0 aromatic heterocycles. The summed E-state index contributed by atoms with van der Waals surface area (Å²) < 4.78 is 13.0. The lowest BCUT2D eigenvalue weighted by Gasteiger charge is -2.06. The predicted molar refractivity (Wildman–Crippen MR) is 54.8 cm³/mol. The minimum absolute atomic E-state index is 0.109. The summed E-state index contributed by atoms with van der Waals surface area (Å²) in [7, 11) is 0. The second-order valence-electron chi connectivity index (χ2n) is 3.43. The third-order valence-corrected chi connectivity index (χ3v) is 2.22. The molecule has 0 amide bonds. The zero-order valence-electron chi connectivity index (χ0n) is 8.70. The van der Waals surface area contributed by atoms with Crippen molar-refractivity contribution in [2.45, 2.75) is 13.3 Å². The molecule has 0 saturated carbocycles. The van der Waals surface area contributed by atoms with Gasteiger partial charge in [0.15, 0.2) is 5.78 Å². The average molecular weight is 216 g/mol. The molecule has 3 nitrogen and oxygen atoms in total. The van der Waals surface area contributed by atoms with E-state index in [-0.39, 0.29) is 23.3 Å². The maximum Gasteiger partial charge on any atom is 0.166 e. The van der Waals surface area contributed by atoms with E-state index in [0.29, 0.717) is 0 Å². The number of carbonyl (C=O) groups is 1. The van der Waals surface area contributed by atoms with Crippen LogP contribution in [0.5, 0.6) is 0 Å². The first kappa shape index (κ1) is 11.9. The van der Waals surface area contributed by atoms with E-state index < -0.39 is 11.7 Å². The number of nitriles is 2. The first-order valence-electron chi connectivity index (χ1n) is 4.71. The molecule has 16 heavy (non-hydrogen) atoms. The number of hydrogen-bond acceptors (Lipinski definition) is 3. The van der Waals surface area contributed by atoms with Gasteiger partial charge in [-0.15, -0.1) is 0 Å².